The Kier molecular flexibility index (Phi) is 8.34. The Morgan fingerprint density at radius 3 is 2.47 bits per heavy atom. The van der Waals surface area contributed by atoms with Crippen molar-refractivity contribution in [3.8, 4) is 5.75 Å². The number of aromatic nitrogens is 2. The maximum absolute atomic E-state index is 13.7. The molecule has 1 aromatic heterocycles. The highest BCUT2D eigenvalue weighted by molar-refractivity contribution is 6.07. The van der Waals surface area contributed by atoms with Gasteiger partial charge in [0, 0.05) is 51.0 Å². The number of methoxy groups -OCH3 is 1. The molecule has 0 bridgehead atoms. The van der Waals surface area contributed by atoms with Gasteiger partial charge in [-0.15, -0.1) is 0 Å². The summed E-state index contributed by atoms with van der Waals surface area (Å²) in [6.45, 7) is 9.63. The van der Waals surface area contributed by atoms with E-state index in [2.05, 4.69) is 35.6 Å². The summed E-state index contributed by atoms with van der Waals surface area (Å²) in [6, 6.07) is 7.80. The Morgan fingerprint density at radius 1 is 1.11 bits per heavy atom. The second-order valence-electron chi connectivity index (χ2n) is 10.6. The van der Waals surface area contributed by atoms with Crippen LogP contribution < -0.4 is 4.74 Å². The highest BCUT2D eigenvalue weighted by Gasteiger charge is 2.57. The normalized spacial score (nSPS) is 18.1. The molecule has 4 rings (SSSR count). The molecule has 1 N–H and O–H groups in total. The zero-order valence-corrected chi connectivity index (χ0v) is 22.3. The second kappa shape index (κ2) is 11.5. The first-order valence-electron chi connectivity index (χ1n) is 13.4. The first kappa shape index (κ1) is 26.2. The number of hydrogen-bond donors (Lipinski definition) is 1. The summed E-state index contributed by atoms with van der Waals surface area (Å²) in [7, 11) is 1.65. The number of hydrogen-bond acceptors (Lipinski definition) is 5. The first-order valence-corrected chi connectivity index (χ1v) is 13.4. The van der Waals surface area contributed by atoms with Gasteiger partial charge >= 0.3 is 6.03 Å². The number of amides is 3. The number of ether oxygens (including phenoxy) is 1. The van der Waals surface area contributed by atoms with Crippen molar-refractivity contribution in [3.05, 3.63) is 47.5 Å². The van der Waals surface area contributed by atoms with Crippen LogP contribution >= 0.6 is 0 Å². The van der Waals surface area contributed by atoms with Crippen molar-refractivity contribution in [3.63, 3.8) is 0 Å². The SMILES string of the molecule is CCCCc1ncc(CN2CCC3(CC2)C(=O)N(CC(C)C)C(=O)N3CCc2ccc(OC)cc2)[nH]1. The number of nitrogens with one attached hydrogen (secondary N) is 1. The van der Waals surface area contributed by atoms with Gasteiger partial charge in [-0.1, -0.05) is 39.3 Å². The summed E-state index contributed by atoms with van der Waals surface area (Å²) in [5.41, 5.74) is 1.50. The van der Waals surface area contributed by atoms with E-state index in [4.69, 9.17) is 4.74 Å². The first-order chi connectivity index (χ1) is 17.4. The molecule has 3 heterocycles. The van der Waals surface area contributed by atoms with Crippen molar-refractivity contribution in [1.82, 2.24) is 24.7 Å². The fourth-order valence-electron chi connectivity index (χ4n) is 5.41. The molecule has 0 atom stereocenters. The summed E-state index contributed by atoms with van der Waals surface area (Å²) in [5.74, 6) is 2.08. The fraction of sp³-hybridized carbons (Fsp3) is 0.607. The number of carbonyl (C=O) groups is 2. The van der Waals surface area contributed by atoms with Gasteiger partial charge in [0.25, 0.3) is 5.91 Å². The van der Waals surface area contributed by atoms with E-state index in [0.717, 1.165) is 61.7 Å². The molecule has 8 heteroatoms. The van der Waals surface area contributed by atoms with E-state index in [1.807, 2.05) is 35.4 Å². The molecule has 3 amide bonds. The van der Waals surface area contributed by atoms with Crippen LogP contribution in [0, 0.1) is 5.92 Å². The lowest BCUT2D eigenvalue weighted by molar-refractivity contribution is -0.136. The van der Waals surface area contributed by atoms with Crippen molar-refractivity contribution in [2.75, 3.05) is 33.3 Å². The molecule has 0 radical (unpaired) electrons. The largest absolute Gasteiger partial charge is 0.497 e. The molecule has 0 unspecified atom stereocenters. The number of H-pyrrole nitrogens is 1. The Balaban J connectivity index is 1.45. The van der Waals surface area contributed by atoms with Gasteiger partial charge in [-0.25, -0.2) is 9.78 Å². The van der Waals surface area contributed by atoms with Crippen LogP contribution in [0.3, 0.4) is 0 Å². The van der Waals surface area contributed by atoms with Crippen LogP contribution in [0.5, 0.6) is 5.75 Å². The molecule has 2 saturated heterocycles. The number of unbranched alkanes of at least 4 members (excludes halogenated alkanes) is 1. The standard InChI is InChI=1S/C28H41N5O3/c1-5-6-7-25-29-18-23(30-25)20-31-16-13-28(14-17-31)26(34)32(19-21(2)3)27(35)33(28)15-12-22-8-10-24(36-4)11-9-22/h8-11,18,21H,5-7,12-17,19-20H2,1-4H3,(H,29,30). The van der Waals surface area contributed by atoms with E-state index in [1.165, 1.54) is 4.90 Å². The van der Waals surface area contributed by atoms with Gasteiger partial charge < -0.3 is 14.6 Å². The predicted octanol–water partition coefficient (Wildman–Crippen LogP) is 4.26. The molecule has 2 aliphatic heterocycles. The average Bonchev–Trinajstić information content (AvgIpc) is 3.40. The maximum Gasteiger partial charge on any atom is 0.327 e. The smallest absolute Gasteiger partial charge is 0.327 e. The van der Waals surface area contributed by atoms with Crippen molar-refractivity contribution in [2.45, 2.75) is 71.4 Å². The van der Waals surface area contributed by atoms with Gasteiger partial charge in [0.2, 0.25) is 0 Å². The number of benzene rings is 1. The van der Waals surface area contributed by atoms with E-state index in [-0.39, 0.29) is 17.9 Å². The van der Waals surface area contributed by atoms with Gasteiger partial charge in [-0.3, -0.25) is 14.6 Å². The zero-order valence-electron chi connectivity index (χ0n) is 22.3. The predicted molar refractivity (Wildman–Crippen MR) is 140 cm³/mol. The number of nitrogens with zero attached hydrogens (tertiary/aromatic N) is 4. The van der Waals surface area contributed by atoms with E-state index >= 15 is 0 Å². The molecule has 8 nitrogen and oxygen atoms in total. The van der Waals surface area contributed by atoms with Crippen LogP contribution in [-0.2, 0) is 24.2 Å². The Hall–Kier alpha value is -2.87. The molecular formula is C28H41N5O3. The number of carbonyl (C=O) groups excluding carboxylic acids is 2. The lowest BCUT2D eigenvalue weighted by Crippen LogP contribution is -2.56. The van der Waals surface area contributed by atoms with Crippen LogP contribution in [-0.4, -0.2) is 75.4 Å². The van der Waals surface area contributed by atoms with Crippen LogP contribution in [0.1, 0.15) is 63.5 Å². The minimum absolute atomic E-state index is 0.0148. The number of rotatable bonds is 11. The molecule has 0 aliphatic carbocycles. The summed E-state index contributed by atoms with van der Waals surface area (Å²) >= 11 is 0. The van der Waals surface area contributed by atoms with Crippen molar-refractivity contribution < 1.29 is 14.3 Å². The number of imide groups is 1. The molecule has 2 aliphatic rings. The lowest BCUT2D eigenvalue weighted by atomic mass is 9.85. The van der Waals surface area contributed by atoms with Crippen LogP contribution in [0.15, 0.2) is 30.5 Å². The number of aryl methyl sites for hydroxylation is 1. The van der Waals surface area contributed by atoms with E-state index in [1.54, 1.807) is 7.11 Å². The van der Waals surface area contributed by atoms with Gasteiger partial charge in [0.1, 0.15) is 17.1 Å². The fourth-order valence-corrected chi connectivity index (χ4v) is 5.41. The van der Waals surface area contributed by atoms with Crippen LogP contribution in [0.2, 0.25) is 0 Å². The molecule has 1 spiro atoms. The van der Waals surface area contributed by atoms with Crippen LogP contribution in [0.25, 0.3) is 0 Å². The molecule has 2 aromatic rings. The molecule has 36 heavy (non-hydrogen) atoms. The lowest BCUT2D eigenvalue weighted by Gasteiger charge is -2.42. The Bertz CT molecular complexity index is 1020. The maximum atomic E-state index is 13.7. The molecule has 2 fully saturated rings. The summed E-state index contributed by atoms with van der Waals surface area (Å²) in [6.07, 6.45) is 7.22. The van der Waals surface area contributed by atoms with Crippen molar-refractivity contribution in [2.24, 2.45) is 5.92 Å². The minimum Gasteiger partial charge on any atom is -0.497 e. The van der Waals surface area contributed by atoms with Crippen LogP contribution in [0.4, 0.5) is 4.79 Å². The number of likely N-dealkylation sites (tertiary alicyclic amines) is 1. The third kappa shape index (κ3) is 5.59. The van der Waals surface area contributed by atoms with Crippen molar-refractivity contribution in [1.29, 1.82) is 0 Å². The number of piperidine rings is 1. The second-order valence-corrected chi connectivity index (χ2v) is 10.6. The Morgan fingerprint density at radius 2 is 1.83 bits per heavy atom. The molecular weight excluding hydrogens is 454 g/mol. The van der Waals surface area contributed by atoms with Gasteiger partial charge in [0.15, 0.2) is 0 Å². The number of aromatic amines is 1. The topological polar surface area (TPSA) is 81.8 Å². The highest BCUT2D eigenvalue weighted by Crippen LogP contribution is 2.38. The van der Waals surface area contributed by atoms with E-state index in [9.17, 15) is 9.59 Å². The van der Waals surface area contributed by atoms with Gasteiger partial charge in [-0.2, -0.15) is 0 Å². The molecule has 196 valence electrons. The number of urea groups is 1. The van der Waals surface area contributed by atoms with Gasteiger partial charge in [-0.05, 0) is 49.3 Å². The summed E-state index contributed by atoms with van der Waals surface area (Å²) < 4.78 is 5.26. The van der Waals surface area contributed by atoms with Crippen molar-refractivity contribution >= 4 is 11.9 Å². The van der Waals surface area contributed by atoms with E-state index < -0.39 is 5.54 Å². The summed E-state index contributed by atoms with van der Waals surface area (Å²) in [5, 5.41) is 0. The Labute approximate surface area is 215 Å². The summed E-state index contributed by atoms with van der Waals surface area (Å²) in [4.78, 5) is 40.9. The van der Waals surface area contributed by atoms with E-state index in [0.29, 0.717) is 32.4 Å². The molecule has 1 aromatic carbocycles. The third-order valence-corrected chi connectivity index (χ3v) is 7.48. The molecule has 0 saturated carbocycles. The number of imidazole rings is 1. The average molecular weight is 496 g/mol. The quantitative estimate of drug-likeness (QED) is 0.471. The zero-order chi connectivity index (χ0) is 25.7. The highest BCUT2D eigenvalue weighted by atomic mass is 16.5. The monoisotopic (exact) mass is 495 g/mol. The third-order valence-electron chi connectivity index (χ3n) is 7.48. The minimum atomic E-state index is -0.741. The van der Waals surface area contributed by atoms with Gasteiger partial charge in [0.05, 0.1) is 7.11 Å².